The van der Waals surface area contributed by atoms with E-state index in [-0.39, 0.29) is 13.2 Å². The van der Waals surface area contributed by atoms with E-state index in [0.29, 0.717) is 13.0 Å². The molecule has 0 fully saturated rings. The van der Waals surface area contributed by atoms with E-state index in [9.17, 15) is 16.8 Å². The molecule has 0 aliphatic carbocycles. The van der Waals surface area contributed by atoms with Gasteiger partial charge in [0.15, 0.2) is 0 Å². The van der Waals surface area contributed by atoms with Crippen LogP contribution in [0.1, 0.15) is 16.7 Å². The summed E-state index contributed by atoms with van der Waals surface area (Å²) in [4.78, 5) is 1.03. The van der Waals surface area contributed by atoms with Crippen LogP contribution in [0.4, 0.5) is 5.69 Å². The molecule has 30 heavy (non-hydrogen) atoms. The highest BCUT2D eigenvalue weighted by Gasteiger charge is 2.16. The molecule has 0 N–H and O–H groups in total. The van der Waals surface area contributed by atoms with Crippen molar-refractivity contribution in [2.75, 3.05) is 36.6 Å². The Balaban J connectivity index is 2.28. The van der Waals surface area contributed by atoms with E-state index >= 15 is 0 Å². The molecule has 7 nitrogen and oxygen atoms in total. The number of benzene rings is 2. The fourth-order valence-electron chi connectivity index (χ4n) is 2.78. The molecule has 2 aromatic rings. The molecule has 0 aliphatic rings. The van der Waals surface area contributed by atoms with Gasteiger partial charge in [0.2, 0.25) is 0 Å². The van der Waals surface area contributed by atoms with E-state index in [1.54, 1.807) is 0 Å². The van der Waals surface area contributed by atoms with E-state index in [1.807, 2.05) is 54.6 Å². The number of nitrogens with zero attached hydrogens (tertiary/aromatic N) is 1. The first-order valence-electron chi connectivity index (χ1n) is 9.24. The van der Waals surface area contributed by atoms with E-state index in [0.717, 1.165) is 39.8 Å². The zero-order valence-corrected chi connectivity index (χ0v) is 19.9. The van der Waals surface area contributed by atoms with Crippen molar-refractivity contribution in [1.82, 2.24) is 0 Å². The van der Waals surface area contributed by atoms with Crippen LogP contribution in [0.5, 0.6) is 0 Å². The Hall–Kier alpha value is -1.59. The van der Waals surface area contributed by atoms with Gasteiger partial charge >= 0.3 is 0 Å². The van der Waals surface area contributed by atoms with Gasteiger partial charge in [0.25, 0.3) is 20.2 Å². The molecule has 10 heteroatoms. The molecule has 0 saturated heterocycles. The Kier molecular flexibility index (Phi) is 8.74. The first-order chi connectivity index (χ1) is 13.9. The lowest BCUT2D eigenvalue weighted by atomic mass is 10.1. The van der Waals surface area contributed by atoms with Crippen LogP contribution in [0.15, 0.2) is 47.4 Å². The van der Waals surface area contributed by atoms with Gasteiger partial charge < -0.3 is 4.31 Å². The minimum atomic E-state index is -3.55. The molecule has 0 spiro atoms. The van der Waals surface area contributed by atoms with Crippen LogP contribution < -0.4 is 4.31 Å². The van der Waals surface area contributed by atoms with Crippen LogP contribution >= 0.6 is 11.9 Å². The summed E-state index contributed by atoms with van der Waals surface area (Å²) in [5, 5.41) is 0. The molecule has 0 radical (unpaired) electrons. The van der Waals surface area contributed by atoms with Crippen LogP contribution in [0.25, 0.3) is 0 Å². The summed E-state index contributed by atoms with van der Waals surface area (Å²) >= 11 is 1.48. The molecule has 0 amide bonds. The molecular formula is C20H27NO6S3. The van der Waals surface area contributed by atoms with Gasteiger partial charge in [-0.3, -0.25) is 8.37 Å². The Morgan fingerprint density at radius 2 is 1.53 bits per heavy atom. The third-order valence-corrected chi connectivity index (χ3v) is 6.50. The van der Waals surface area contributed by atoms with Crippen molar-refractivity contribution in [2.24, 2.45) is 0 Å². The third-order valence-electron chi connectivity index (χ3n) is 4.06. The molecule has 2 rings (SSSR count). The van der Waals surface area contributed by atoms with E-state index in [1.165, 1.54) is 11.9 Å². The minimum absolute atomic E-state index is 0.00901. The lowest BCUT2D eigenvalue weighted by Crippen LogP contribution is -2.23. The van der Waals surface area contributed by atoms with Crippen LogP contribution in [0, 0.1) is 13.8 Å². The van der Waals surface area contributed by atoms with Crippen molar-refractivity contribution in [3.63, 3.8) is 0 Å². The molecule has 2 aromatic carbocycles. The van der Waals surface area contributed by atoms with Crippen LogP contribution in [-0.2, 0) is 35.0 Å². The zero-order valence-electron chi connectivity index (χ0n) is 17.5. The van der Waals surface area contributed by atoms with Crippen molar-refractivity contribution in [3.05, 3.63) is 59.2 Å². The second kappa shape index (κ2) is 10.6. The molecule has 0 unspecified atom stereocenters. The van der Waals surface area contributed by atoms with Gasteiger partial charge in [-0.2, -0.15) is 16.8 Å². The van der Waals surface area contributed by atoms with Gasteiger partial charge in [0.05, 0.1) is 38.0 Å². The molecule has 0 heterocycles. The first-order valence-corrected chi connectivity index (χ1v) is 13.6. The highest BCUT2D eigenvalue weighted by Crippen LogP contribution is 2.33. The van der Waals surface area contributed by atoms with Crippen molar-refractivity contribution < 1.29 is 25.2 Å². The maximum atomic E-state index is 11.4. The molecule has 0 atom stereocenters. The smallest absolute Gasteiger partial charge is 0.264 e. The Morgan fingerprint density at radius 1 is 0.900 bits per heavy atom. The first kappa shape index (κ1) is 24.7. The summed E-state index contributed by atoms with van der Waals surface area (Å²) < 4.78 is 57.1. The Morgan fingerprint density at radius 3 is 2.17 bits per heavy atom. The quantitative estimate of drug-likeness (QED) is 0.363. The predicted molar refractivity (Wildman–Crippen MR) is 121 cm³/mol. The summed E-state index contributed by atoms with van der Waals surface area (Å²) in [6, 6.07) is 13.7. The van der Waals surface area contributed by atoms with Gasteiger partial charge in [0.1, 0.15) is 0 Å². The van der Waals surface area contributed by atoms with Crippen LogP contribution in [0.3, 0.4) is 0 Å². The largest absolute Gasteiger partial charge is 0.310 e. The normalized spacial score (nSPS) is 12.1. The fourth-order valence-corrected chi connectivity index (χ4v) is 4.55. The predicted octanol–water partition coefficient (Wildman–Crippen LogP) is 3.31. The minimum Gasteiger partial charge on any atom is -0.310 e. The summed E-state index contributed by atoms with van der Waals surface area (Å²) in [5.74, 6) is 0. The summed E-state index contributed by atoms with van der Waals surface area (Å²) in [6.07, 6.45) is 2.43. The number of rotatable bonds is 11. The van der Waals surface area contributed by atoms with Crippen LogP contribution in [0.2, 0.25) is 0 Å². The lowest BCUT2D eigenvalue weighted by Gasteiger charge is -2.26. The average Bonchev–Trinajstić information content (AvgIpc) is 2.61. The molecule has 0 bridgehead atoms. The maximum Gasteiger partial charge on any atom is 0.264 e. The van der Waals surface area contributed by atoms with Gasteiger partial charge in [-0.15, -0.1) is 0 Å². The molecular weight excluding hydrogens is 446 g/mol. The SMILES string of the molecule is Cc1ccc(SN(CCOS(C)(=O)=O)c2ccccc2CCOS(C)(=O)=O)c(C)c1. The summed E-state index contributed by atoms with van der Waals surface area (Å²) in [6.45, 7) is 4.38. The maximum absolute atomic E-state index is 11.4. The lowest BCUT2D eigenvalue weighted by molar-refractivity contribution is 0.326. The molecule has 0 saturated carbocycles. The van der Waals surface area contributed by atoms with Crippen LogP contribution in [-0.4, -0.2) is 49.1 Å². The van der Waals surface area contributed by atoms with Crippen molar-refractivity contribution in [3.8, 4) is 0 Å². The Labute approximate surface area is 183 Å². The van der Waals surface area contributed by atoms with E-state index in [2.05, 4.69) is 6.07 Å². The summed E-state index contributed by atoms with van der Waals surface area (Å²) in [7, 11) is -7.07. The number of anilines is 1. The monoisotopic (exact) mass is 473 g/mol. The summed E-state index contributed by atoms with van der Waals surface area (Å²) in [5.41, 5.74) is 3.99. The van der Waals surface area contributed by atoms with Gasteiger partial charge in [0, 0.05) is 4.90 Å². The van der Waals surface area contributed by atoms with Gasteiger partial charge in [-0.1, -0.05) is 35.9 Å². The number of aryl methyl sites for hydroxylation is 2. The van der Waals surface area contributed by atoms with Gasteiger partial charge in [-0.05, 0) is 55.5 Å². The van der Waals surface area contributed by atoms with E-state index in [4.69, 9.17) is 8.37 Å². The van der Waals surface area contributed by atoms with Gasteiger partial charge in [-0.25, -0.2) is 0 Å². The van der Waals surface area contributed by atoms with Crippen molar-refractivity contribution >= 4 is 37.9 Å². The highest BCUT2D eigenvalue weighted by molar-refractivity contribution is 8.00. The zero-order chi connectivity index (χ0) is 22.4. The highest BCUT2D eigenvalue weighted by atomic mass is 32.2. The second-order valence-corrected chi connectivity index (χ2v) is 11.2. The molecule has 0 aliphatic heterocycles. The molecule has 166 valence electrons. The topological polar surface area (TPSA) is 90.0 Å². The van der Waals surface area contributed by atoms with Crippen molar-refractivity contribution in [2.45, 2.75) is 25.2 Å². The second-order valence-electron chi connectivity index (χ2n) is 6.89. The fraction of sp³-hybridized carbons (Fsp3) is 0.400. The van der Waals surface area contributed by atoms with Crippen molar-refractivity contribution in [1.29, 1.82) is 0 Å². The number of hydrogen-bond acceptors (Lipinski definition) is 8. The average molecular weight is 474 g/mol. The third kappa shape index (κ3) is 8.65. The number of hydrogen-bond donors (Lipinski definition) is 0. The number of para-hydroxylation sites is 1. The standard InChI is InChI=1S/C20H27NO6S3/c1-16-9-10-20(17(2)15-16)28-21(12-14-27-30(4,24)25)19-8-6-5-7-18(19)11-13-26-29(3,22)23/h5-10,15H,11-14H2,1-4H3. The Bertz CT molecular complexity index is 1070. The molecule has 0 aromatic heterocycles. The van der Waals surface area contributed by atoms with E-state index < -0.39 is 20.2 Å².